The van der Waals surface area contributed by atoms with E-state index in [4.69, 9.17) is 0 Å². The molecule has 0 unspecified atom stereocenters. The van der Waals surface area contributed by atoms with E-state index in [0.29, 0.717) is 18.5 Å². The fraction of sp³-hybridized carbons (Fsp3) is 0.278. The highest BCUT2D eigenvalue weighted by atomic mass is 32.2. The summed E-state index contributed by atoms with van der Waals surface area (Å²) in [5.74, 6) is 0.288. The molecule has 144 valence electrons. The lowest BCUT2D eigenvalue weighted by Crippen LogP contribution is -2.33. The lowest BCUT2D eigenvalue weighted by Gasteiger charge is -2.13. The maximum absolute atomic E-state index is 13.4. The van der Waals surface area contributed by atoms with Crippen LogP contribution < -0.4 is 4.72 Å². The molecule has 2 atom stereocenters. The number of H-pyrrole nitrogens is 1. The first-order valence-electron chi connectivity index (χ1n) is 8.96. The Morgan fingerprint density at radius 2 is 2.11 bits per heavy atom. The molecule has 0 spiro atoms. The summed E-state index contributed by atoms with van der Waals surface area (Å²) in [5.41, 5.74) is 2.29. The van der Waals surface area contributed by atoms with Crippen LogP contribution >= 0.6 is 0 Å². The third-order valence-electron chi connectivity index (χ3n) is 5.19. The van der Waals surface area contributed by atoms with Gasteiger partial charge in [-0.05, 0) is 43.5 Å². The molecule has 1 aliphatic rings. The van der Waals surface area contributed by atoms with E-state index >= 15 is 0 Å². The SMILES string of the molecule is O=S(=O)(N[C@H]1CC[C@@H](c2nnc3cnc4[nH]ccc4n23)C1)c1cccc(F)c1. The van der Waals surface area contributed by atoms with Crippen LogP contribution in [0.15, 0.2) is 47.6 Å². The van der Waals surface area contributed by atoms with E-state index in [9.17, 15) is 12.8 Å². The molecule has 0 saturated heterocycles. The van der Waals surface area contributed by atoms with E-state index in [2.05, 4.69) is 24.9 Å². The van der Waals surface area contributed by atoms with Crippen LogP contribution in [0.5, 0.6) is 0 Å². The van der Waals surface area contributed by atoms with Gasteiger partial charge in [0.05, 0.1) is 16.6 Å². The number of hydrogen-bond donors (Lipinski definition) is 2. The molecule has 0 aliphatic heterocycles. The summed E-state index contributed by atoms with van der Waals surface area (Å²) in [7, 11) is -3.77. The van der Waals surface area contributed by atoms with Gasteiger partial charge in [0.2, 0.25) is 10.0 Å². The lowest BCUT2D eigenvalue weighted by molar-refractivity contribution is 0.545. The number of sulfonamides is 1. The van der Waals surface area contributed by atoms with Gasteiger partial charge in [0.25, 0.3) is 0 Å². The quantitative estimate of drug-likeness (QED) is 0.547. The Balaban J connectivity index is 1.41. The second kappa shape index (κ2) is 6.35. The molecule has 1 aromatic carbocycles. The van der Waals surface area contributed by atoms with Crippen molar-refractivity contribution >= 4 is 26.8 Å². The van der Waals surface area contributed by atoms with Crippen LogP contribution in [-0.2, 0) is 10.0 Å². The first kappa shape index (κ1) is 17.3. The molecule has 10 heteroatoms. The van der Waals surface area contributed by atoms with Crippen molar-refractivity contribution in [3.63, 3.8) is 0 Å². The zero-order valence-corrected chi connectivity index (χ0v) is 15.5. The molecule has 1 fully saturated rings. The number of hydrogen-bond acceptors (Lipinski definition) is 5. The fourth-order valence-electron chi connectivity index (χ4n) is 3.91. The van der Waals surface area contributed by atoms with Crippen LogP contribution in [-0.4, -0.2) is 39.0 Å². The molecular formula is C18H17FN6O2S. The van der Waals surface area contributed by atoms with Crippen molar-refractivity contribution in [2.45, 2.75) is 36.1 Å². The summed E-state index contributed by atoms with van der Waals surface area (Å²) in [6, 6.07) is 6.70. The molecule has 1 aliphatic carbocycles. The third-order valence-corrected chi connectivity index (χ3v) is 6.71. The van der Waals surface area contributed by atoms with Crippen molar-refractivity contribution in [3.05, 3.63) is 54.4 Å². The van der Waals surface area contributed by atoms with E-state index in [0.717, 1.165) is 29.5 Å². The second-order valence-corrected chi connectivity index (χ2v) is 8.72. The topological polar surface area (TPSA) is 105 Å². The van der Waals surface area contributed by atoms with Crippen LogP contribution in [0.4, 0.5) is 4.39 Å². The summed E-state index contributed by atoms with van der Waals surface area (Å²) in [4.78, 5) is 7.32. The highest BCUT2D eigenvalue weighted by Crippen LogP contribution is 2.35. The van der Waals surface area contributed by atoms with Gasteiger partial charge < -0.3 is 4.98 Å². The molecule has 0 amide bonds. The molecule has 28 heavy (non-hydrogen) atoms. The molecule has 5 rings (SSSR count). The van der Waals surface area contributed by atoms with Gasteiger partial charge >= 0.3 is 0 Å². The summed E-state index contributed by atoms with van der Waals surface area (Å²) >= 11 is 0. The Morgan fingerprint density at radius 3 is 2.96 bits per heavy atom. The van der Waals surface area contributed by atoms with Gasteiger partial charge in [-0.2, -0.15) is 0 Å². The zero-order chi connectivity index (χ0) is 19.3. The van der Waals surface area contributed by atoms with Gasteiger partial charge in [-0.25, -0.2) is 22.5 Å². The molecule has 0 radical (unpaired) electrons. The smallest absolute Gasteiger partial charge is 0.240 e. The second-order valence-electron chi connectivity index (χ2n) is 7.01. The minimum atomic E-state index is -3.77. The Kier molecular flexibility index (Phi) is 3.91. The van der Waals surface area contributed by atoms with E-state index < -0.39 is 15.8 Å². The monoisotopic (exact) mass is 400 g/mol. The summed E-state index contributed by atoms with van der Waals surface area (Å²) in [5, 5.41) is 8.55. The normalized spacial score (nSPS) is 20.3. The minimum absolute atomic E-state index is 0.0655. The van der Waals surface area contributed by atoms with Gasteiger partial charge in [0.1, 0.15) is 11.6 Å². The van der Waals surface area contributed by atoms with Crippen molar-refractivity contribution in [1.82, 2.24) is 29.3 Å². The Hall–Kier alpha value is -2.85. The number of rotatable bonds is 4. The molecule has 8 nitrogen and oxygen atoms in total. The van der Waals surface area contributed by atoms with Crippen LogP contribution in [0.25, 0.3) is 16.8 Å². The van der Waals surface area contributed by atoms with Crippen molar-refractivity contribution in [1.29, 1.82) is 0 Å². The van der Waals surface area contributed by atoms with Crippen molar-refractivity contribution in [2.24, 2.45) is 0 Å². The van der Waals surface area contributed by atoms with Gasteiger partial charge in [-0.1, -0.05) is 6.07 Å². The Morgan fingerprint density at radius 1 is 1.21 bits per heavy atom. The lowest BCUT2D eigenvalue weighted by atomic mass is 10.1. The Bertz CT molecular complexity index is 1280. The molecule has 4 aromatic rings. The average Bonchev–Trinajstić information content (AvgIpc) is 3.39. The molecule has 3 aromatic heterocycles. The number of nitrogens with one attached hydrogen (secondary N) is 2. The van der Waals surface area contributed by atoms with Crippen LogP contribution in [0, 0.1) is 5.82 Å². The van der Waals surface area contributed by atoms with Crippen LogP contribution in [0.1, 0.15) is 31.0 Å². The number of nitrogens with zero attached hydrogens (tertiary/aromatic N) is 4. The van der Waals surface area contributed by atoms with Gasteiger partial charge in [0.15, 0.2) is 11.3 Å². The molecule has 0 bridgehead atoms. The predicted molar refractivity (Wildman–Crippen MR) is 99.7 cm³/mol. The summed E-state index contributed by atoms with van der Waals surface area (Å²) < 4.78 is 43.2. The van der Waals surface area contributed by atoms with E-state index in [1.165, 1.54) is 18.2 Å². The minimum Gasteiger partial charge on any atom is -0.345 e. The third kappa shape index (κ3) is 2.85. The maximum atomic E-state index is 13.4. The number of halogens is 1. The van der Waals surface area contributed by atoms with Crippen LogP contribution in [0.3, 0.4) is 0 Å². The molecular weight excluding hydrogens is 383 g/mol. The van der Waals surface area contributed by atoms with Crippen molar-refractivity contribution in [3.8, 4) is 0 Å². The van der Waals surface area contributed by atoms with Crippen molar-refractivity contribution < 1.29 is 12.8 Å². The standard InChI is InChI=1S/C18H17FN6O2S/c19-12-2-1-3-14(9-12)28(26,27)24-13-5-4-11(8-13)18-23-22-16-10-21-17-15(25(16)18)6-7-20-17/h1-3,6-7,9-11,13,20,24H,4-5,8H2/t11-,13+/m1/s1. The summed E-state index contributed by atoms with van der Waals surface area (Å²) in [6.45, 7) is 0. The highest BCUT2D eigenvalue weighted by molar-refractivity contribution is 7.89. The van der Waals surface area contributed by atoms with Gasteiger partial charge in [0, 0.05) is 18.2 Å². The number of aromatic amines is 1. The first-order chi connectivity index (χ1) is 13.5. The van der Waals surface area contributed by atoms with Gasteiger partial charge in [-0.15, -0.1) is 10.2 Å². The fourth-order valence-corrected chi connectivity index (χ4v) is 5.22. The highest BCUT2D eigenvalue weighted by Gasteiger charge is 2.32. The molecule has 2 N–H and O–H groups in total. The zero-order valence-electron chi connectivity index (χ0n) is 14.7. The van der Waals surface area contributed by atoms with E-state index in [1.807, 2.05) is 16.7 Å². The Labute approximate surface area is 159 Å². The van der Waals surface area contributed by atoms with Crippen LogP contribution in [0.2, 0.25) is 0 Å². The molecule has 1 saturated carbocycles. The maximum Gasteiger partial charge on any atom is 0.240 e. The number of fused-ring (bicyclic) bond motifs is 3. The number of benzene rings is 1. The first-order valence-corrected chi connectivity index (χ1v) is 10.4. The van der Waals surface area contributed by atoms with E-state index in [1.54, 1.807) is 6.20 Å². The van der Waals surface area contributed by atoms with E-state index in [-0.39, 0.29) is 16.9 Å². The predicted octanol–water partition coefficient (Wildman–Crippen LogP) is 2.36. The van der Waals surface area contributed by atoms with Gasteiger partial charge in [-0.3, -0.25) is 4.40 Å². The molecule has 3 heterocycles. The summed E-state index contributed by atoms with van der Waals surface area (Å²) in [6.07, 6.45) is 5.53. The number of aromatic nitrogens is 5. The largest absolute Gasteiger partial charge is 0.345 e. The average molecular weight is 400 g/mol. The van der Waals surface area contributed by atoms with Crippen molar-refractivity contribution in [2.75, 3.05) is 0 Å².